The Morgan fingerprint density at radius 1 is 1.21 bits per heavy atom. The van der Waals surface area contributed by atoms with Crippen LogP contribution in [0.5, 0.6) is 0 Å². The minimum Gasteiger partial charge on any atom is -1.00 e. The van der Waals surface area contributed by atoms with E-state index in [-0.39, 0.29) is 51.9 Å². The summed E-state index contributed by atoms with van der Waals surface area (Å²) in [4.78, 5) is 9.60. The van der Waals surface area contributed by atoms with Gasteiger partial charge in [0.2, 0.25) is 0 Å². The Morgan fingerprint density at radius 2 is 1.63 bits per heavy atom. The standard InChI is InChI=1S/C10H15.C4H8O2.2ClH.Ti/c1-7-6-10(4,5)9(3)8(7)2;1-2-3-4(5)6;;;/h1-5H3;2-3H2,1H3,(H,5,6);2*1H;/q-1;;;;+3/p-2. The fourth-order valence-electron chi connectivity index (χ4n) is 1.62. The van der Waals surface area contributed by atoms with E-state index < -0.39 is 5.97 Å². The van der Waals surface area contributed by atoms with Crippen molar-refractivity contribution in [2.75, 3.05) is 0 Å². The number of carboxylic acids is 1. The number of hydrogen-bond acceptors (Lipinski definition) is 1. The molecule has 0 unspecified atom stereocenters. The number of hydrogen-bond donors (Lipinski definition) is 1. The monoisotopic (exact) mass is 341 g/mol. The van der Waals surface area contributed by atoms with Crippen molar-refractivity contribution < 1.29 is 56.4 Å². The molecule has 0 heterocycles. The average Bonchev–Trinajstić information content (AvgIpc) is 2.30. The normalized spacial score (nSPS) is 14.9. The maximum Gasteiger partial charge on any atom is 3.00 e. The van der Waals surface area contributed by atoms with Gasteiger partial charge in [0.25, 0.3) is 0 Å². The van der Waals surface area contributed by atoms with E-state index in [9.17, 15) is 4.79 Å². The molecule has 0 aromatic carbocycles. The van der Waals surface area contributed by atoms with Crippen LogP contribution < -0.4 is 24.8 Å². The van der Waals surface area contributed by atoms with Gasteiger partial charge in [-0.2, -0.15) is 11.1 Å². The molecular formula is C14H23Cl2O2Ti. The van der Waals surface area contributed by atoms with Crippen LogP contribution in [0.15, 0.2) is 16.7 Å². The SMILES string of the molecule is CC1=[C-]C(C)(C)C(C)=C1C.CCCC(=O)O.[Cl-].[Cl-].[Ti+3]. The van der Waals surface area contributed by atoms with Crippen molar-refractivity contribution in [3.05, 3.63) is 22.8 Å². The quantitative estimate of drug-likeness (QED) is 0.465. The summed E-state index contributed by atoms with van der Waals surface area (Å²) in [5.74, 6) is -0.711. The molecule has 0 aliphatic heterocycles. The number of aliphatic carboxylic acids is 1. The van der Waals surface area contributed by atoms with Gasteiger partial charge >= 0.3 is 27.7 Å². The number of halogens is 2. The van der Waals surface area contributed by atoms with Gasteiger partial charge < -0.3 is 29.9 Å². The number of rotatable bonds is 2. The summed E-state index contributed by atoms with van der Waals surface area (Å²) in [6.07, 6.45) is 4.46. The summed E-state index contributed by atoms with van der Waals surface area (Å²) >= 11 is 0. The molecule has 1 aliphatic carbocycles. The number of allylic oxidation sites excluding steroid dienone is 4. The Labute approximate surface area is 144 Å². The van der Waals surface area contributed by atoms with Gasteiger partial charge in [0.05, 0.1) is 0 Å². The Kier molecular flexibility index (Phi) is 17.4. The molecule has 109 valence electrons. The first kappa shape index (κ1) is 27.6. The van der Waals surface area contributed by atoms with Crippen LogP contribution in [0.25, 0.3) is 0 Å². The Hall–Kier alpha value is 0.244. The Morgan fingerprint density at radius 3 is 1.68 bits per heavy atom. The molecule has 5 heteroatoms. The zero-order valence-electron chi connectivity index (χ0n) is 12.5. The van der Waals surface area contributed by atoms with Crippen molar-refractivity contribution in [1.29, 1.82) is 0 Å². The van der Waals surface area contributed by atoms with Crippen LogP contribution in [0.3, 0.4) is 0 Å². The van der Waals surface area contributed by atoms with Crippen LogP contribution in [-0.2, 0) is 26.5 Å². The van der Waals surface area contributed by atoms with Gasteiger partial charge in [0.1, 0.15) is 0 Å². The van der Waals surface area contributed by atoms with E-state index in [1.807, 2.05) is 6.92 Å². The van der Waals surface area contributed by atoms with Crippen LogP contribution in [0.4, 0.5) is 0 Å². The smallest absolute Gasteiger partial charge is 1.00 e. The van der Waals surface area contributed by atoms with E-state index in [2.05, 4.69) is 40.7 Å². The van der Waals surface area contributed by atoms with Gasteiger partial charge in [-0.1, -0.05) is 40.0 Å². The van der Waals surface area contributed by atoms with E-state index in [0.717, 1.165) is 6.42 Å². The molecule has 0 aromatic rings. The first-order valence-electron chi connectivity index (χ1n) is 5.74. The zero-order chi connectivity index (χ0) is 12.9. The van der Waals surface area contributed by atoms with E-state index in [4.69, 9.17) is 5.11 Å². The second kappa shape index (κ2) is 12.0. The first-order valence-corrected chi connectivity index (χ1v) is 5.74. The van der Waals surface area contributed by atoms with Crippen molar-refractivity contribution in [1.82, 2.24) is 0 Å². The van der Waals surface area contributed by atoms with Crippen molar-refractivity contribution in [2.45, 2.75) is 54.4 Å². The molecule has 0 aromatic heterocycles. The molecule has 19 heavy (non-hydrogen) atoms. The van der Waals surface area contributed by atoms with Crippen LogP contribution in [0.1, 0.15) is 54.4 Å². The molecular weight excluding hydrogens is 319 g/mol. The third-order valence-electron chi connectivity index (χ3n) is 3.03. The number of carboxylic acid groups (broad SMARTS) is 1. The van der Waals surface area contributed by atoms with Crippen molar-refractivity contribution in [3.63, 3.8) is 0 Å². The Bertz CT molecular complexity index is 334. The molecule has 0 fully saturated rings. The van der Waals surface area contributed by atoms with Crippen molar-refractivity contribution >= 4 is 5.97 Å². The molecule has 1 radical (unpaired) electrons. The molecule has 0 saturated heterocycles. The summed E-state index contributed by atoms with van der Waals surface area (Å²) in [6, 6.07) is 0. The fraction of sp³-hybridized carbons (Fsp3) is 0.643. The molecule has 1 N–H and O–H groups in total. The van der Waals surface area contributed by atoms with Crippen LogP contribution in [-0.4, -0.2) is 11.1 Å². The van der Waals surface area contributed by atoms with Gasteiger partial charge in [0, 0.05) is 6.42 Å². The summed E-state index contributed by atoms with van der Waals surface area (Å²) in [5.41, 5.74) is 4.39. The van der Waals surface area contributed by atoms with Gasteiger partial charge in [-0.05, 0) is 6.42 Å². The van der Waals surface area contributed by atoms with Gasteiger partial charge in [-0.3, -0.25) is 10.9 Å². The predicted octanol–water partition coefficient (Wildman–Crippen LogP) is -2.01. The second-order valence-corrected chi connectivity index (χ2v) is 4.77. The van der Waals surface area contributed by atoms with Gasteiger partial charge in [-0.25, -0.2) is 5.57 Å². The average molecular weight is 342 g/mol. The summed E-state index contributed by atoms with van der Waals surface area (Å²) in [6.45, 7) is 12.8. The summed E-state index contributed by atoms with van der Waals surface area (Å²) < 4.78 is 0. The molecule has 1 aliphatic rings. The molecule has 2 nitrogen and oxygen atoms in total. The molecule has 0 atom stereocenters. The topological polar surface area (TPSA) is 37.3 Å². The maximum atomic E-state index is 9.60. The van der Waals surface area contributed by atoms with Crippen LogP contribution in [0.2, 0.25) is 0 Å². The van der Waals surface area contributed by atoms with E-state index in [0.29, 0.717) is 6.42 Å². The fourth-order valence-corrected chi connectivity index (χ4v) is 1.62. The summed E-state index contributed by atoms with van der Waals surface area (Å²) in [7, 11) is 0. The maximum absolute atomic E-state index is 9.60. The zero-order valence-corrected chi connectivity index (χ0v) is 15.6. The predicted molar refractivity (Wildman–Crippen MR) is 67.1 cm³/mol. The minimum atomic E-state index is -0.711. The molecule has 0 spiro atoms. The van der Waals surface area contributed by atoms with E-state index >= 15 is 0 Å². The molecule has 0 saturated carbocycles. The van der Waals surface area contributed by atoms with E-state index in [1.165, 1.54) is 16.7 Å². The third kappa shape index (κ3) is 9.73. The third-order valence-corrected chi connectivity index (χ3v) is 3.03. The van der Waals surface area contributed by atoms with Gasteiger partial charge in [0.15, 0.2) is 0 Å². The van der Waals surface area contributed by atoms with Gasteiger partial charge in [-0.15, -0.1) is 6.92 Å². The van der Waals surface area contributed by atoms with Crippen molar-refractivity contribution in [2.24, 2.45) is 5.41 Å². The van der Waals surface area contributed by atoms with Crippen LogP contribution >= 0.6 is 0 Å². The van der Waals surface area contributed by atoms with Crippen LogP contribution in [0, 0.1) is 11.5 Å². The largest absolute Gasteiger partial charge is 3.00 e. The first-order chi connectivity index (χ1) is 7.22. The number of carbonyl (C=O) groups is 1. The van der Waals surface area contributed by atoms with Crippen molar-refractivity contribution in [3.8, 4) is 0 Å². The molecule has 0 amide bonds. The summed E-state index contributed by atoms with van der Waals surface area (Å²) in [5, 5.41) is 7.91. The molecule has 1 rings (SSSR count). The Balaban J connectivity index is -0.000000112. The molecule has 0 bridgehead atoms. The minimum absolute atomic E-state index is 0. The van der Waals surface area contributed by atoms with E-state index in [1.54, 1.807) is 0 Å². The second-order valence-electron chi connectivity index (χ2n) is 4.77.